The van der Waals surface area contributed by atoms with Crippen LogP contribution < -0.4 is 30.7 Å². The molecule has 240 valence electrons. The van der Waals surface area contributed by atoms with Gasteiger partial charge in [-0.2, -0.15) is 9.98 Å². The Labute approximate surface area is 260 Å². The zero-order chi connectivity index (χ0) is 32.3. The summed E-state index contributed by atoms with van der Waals surface area (Å²) in [7, 11) is 3.13. The lowest BCUT2D eigenvalue weighted by Crippen LogP contribution is -2.31. The van der Waals surface area contributed by atoms with Gasteiger partial charge in [0.25, 0.3) is 0 Å². The van der Waals surface area contributed by atoms with Crippen molar-refractivity contribution in [1.29, 1.82) is 0 Å². The van der Waals surface area contributed by atoms with Gasteiger partial charge in [-0.1, -0.05) is 24.8 Å². The summed E-state index contributed by atoms with van der Waals surface area (Å²) < 4.78 is 22.9. The van der Waals surface area contributed by atoms with Crippen LogP contribution in [0.5, 0.6) is 11.8 Å². The van der Waals surface area contributed by atoms with Crippen molar-refractivity contribution >= 4 is 17.7 Å². The Morgan fingerprint density at radius 2 is 1.57 bits per heavy atom. The van der Waals surface area contributed by atoms with Crippen molar-refractivity contribution in [3.8, 4) is 11.8 Å². The number of hydrogen-bond donors (Lipinski definition) is 4. The van der Waals surface area contributed by atoms with E-state index in [1.807, 2.05) is 44.2 Å². The molecule has 12 heteroatoms. The van der Waals surface area contributed by atoms with Crippen molar-refractivity contribution in [3.05, 3.63) is 76.7 Å². The topological polar surface area (TPSA) is 144 Å². The van der Waals surface area contributed by atoms with E-state index >= 15 is 0 Å². The molecule has 0 aliphatic heterocycles. The van der Waals surface area contributed by atoms with E-state index in [-0.39, 0.29) is 18.4 Å². The summed E-state index contributed by atoms with van der Waals surface area (Å²) >= 11 is 0. The van der Waals surface area contributed by atoms with Gasteiger partial charge in [-0.25, -0.2) is 0 Å². The van der Waals surface area contributed by atoms with Gasteiger partial charge in [-0.3, -0.25) is 9.59 Å². The van der Waals surface area contributed by atoms with Crippen molar-refractivity contribution in [3.63, 3.8) is 0 Å². The Balaban J connectivity index is 1.98. The predicted octanol–water partition coefficient (Wildman–Crippen LogP) is 2.91. The van der Waals surface area contributed by atoms with Crippen LogP contribution in [0.15, 0.2) is 59.4 Å². The molecule has 0 saturated heterocycles. The first-order chi connectivity index (χ1) is 21.2. The Kier molecular flexibility index (Phi) is 16.0. The summed E-state index contributed by atoms with van der Waals surface area (Å²) in [5, 5.41) is 12.0. The van der Waals surface area contributed by atoms with Crippen LogP contribution >= 0.6 is 0 Å². The number of ether oxygens (including phenoxy) is 4. The van der Waals surface area contributed by atoms with E-state index in [1.54, 1.807) is 20.3 Å². The zero-order valence-electron chi connectivity index (χ0n) is 26.7. The van der Waals surface area contributed by atoms with Crippen LogP contribution in [-0.4, -0.2) is 69.6 Å². The predicted molar refractivity (Wildman–Crippen MR) is 170 cm³/mol. The number of benzene rings is 1. The number of aliphatic imine (C=N–C) groups is 1. The molecule has 0 saturated carbocycles. The number of pyridine rings is 1. The summed E-state index contributed by atoms with van der Waals surface area (Å²) in [4.78, 5) is 31.0. The lowest BCUT2D eigenvalue weighted by molar-refractivity contribution is -0.119. The molecular formula is C32H46N6O6. The average Bonchev–Trinajstić information content (AvgIpc) is 3.00. The van der Waals surface area contributed by atoms with E-state index in [0.717, 1.165) is 27.8 Å². The fraction of sp³-hybridized carbons (Fsp3) is 0.438. The zero-order valence-corrected chi connectivity index (χ0v) is 26.7. The molecular weight excluding hydrogens is 564 g/mol. The summed E-state index contributed by atoms with van der Waals surface area (Å²) in [5.41, 5.74) is 4.77. The van der Waals surface area contributed by atoms with Crippen LogP contribution in [0.4, 0.5) is 0 Å². The third-order valence-corrected chi connectivity index (χ3v) is 6.42. The number of carbonyl (C=O) groups excluding carboxylic acids is 2. The normalized spacial score (nSPS) is 11.7. The molecule has 1 aromatic heterocycles. The van der Waals surface area contributed by atoms with Crippen molar-refractivity contribution in [2.45, 2.75) is 47.5 Å². The minimum atomic E-state index is -0.0628. The Morgan fingerprint density at radius 3 is 2.18 bits per heavy atom. The van der Waals surface area contributed by atoms with Gasteiger partial charge < -0.3 is 40.2 Å². The number of nitrogens with zero attached hydrogens (tertiary/aromatic N) is 2. The minimum absolute atomic E-state index is 0.0581. The smallest absolute Gasteiger partial charge is 0.220 e. The molecule has 2 aromatic rings. The molecule has 12 nitrogen and oxygen atoms in total. The summed E-state index contributed by atoms with van der Waals surface area (Å²) in [6.45, 7) is 14.8. The second kappa shape index (κ2) is 19.7. The SMILES string of the molecule is C=C/C(=N\C(OC)=C(/C)CNCCNC(C)=O)OCc1cccc(COc2ccc(CNCCNC(C)=O)c(OC)n2)c1C. The minimum Gasteiger partial charge on any atom is -0.481 e. The molecule has 44 heavy (non-hydrogen) atoms. The van der Waals surface area contributed by atoms with Gasteiger partial charge in [0, 0.05) is 70.3 Å². The quantitative estimate of drug-likeness (QED) is 0.0817. The van der Waals surface area contributed by atoms with Gasteiger partial charge in [-0.05, 0) is 42.7 Å². The van der Waals surface area contributed by atoms with Crippen LogP contribution in [0.2, 0.25) is 0 Å². The lowest BCUT2D eigenvalue weighted by Gasteiger charge is -2.15. The molecule has 0 aliphatic rings. The largest absolute Gasteiger partial charge is 0.481 e. The second-order valence-electron chi connectivity index (χ2n) is 9.86. The molecule has 4 N–H and O–H groups in total. The van der Waals surface area contributed by atoms with Crippen molar-refractivity contribution in [2.75, 3.05) is 46.9 Å². The average molecular weight is 611 g/mol. The molecule has 0 spiro atoms. The third kappa shape index (κ3) is 12.8. The number of nitrogens with one attached hydrogen (secondary N) is 4. The van der Waals surface area contributed by atoms with E-state index in [1.165, 1.54) is 13.8 Å². The van der Waals surface area contributed by atoms with Crippen molar-refractivity contribution < 1.29 is 28.5 Å². The maximum atomic E-state index is 11.0. The number of rotatable bonds is 19. The Hall–Kier alpha value is -4.42. The molecule has 0 bridgehead atoms. The van der Waals surface area contributed by atoms with Gasteiger partial charge in [0.1, 0.15) is 13.2 Å². The van der Waals surface area contributed by atoms with Gasteiger partial charge in [0.05, 0.1) is 14.2 Å². The highest BCUT2D eigenvalue weighted by molar-refractivity contribution is 5.87. The van der Waals surface area contributed by atoms with Crippen LogP contribution in [0.25, 0.3) is 0 Å². The van der Waals surface area contributed by atoms with Crippen LogP contribution in [0.3, 0.4) is 0 Å². The van der Waals surface area contributed by atoms with Gasteiger partial charge in [0.2, 0.25) is 35.4 Å². The fourth-order valence-electron chi connectivity index (χ4n) is 3.98. The van der Waals surface area contributed by atoms with E-state index < -0.39 is 0 Å². The lowest BCUT2D eigenvalue weighted by atomic mass is 10.0. The van der Waals surface area contributed by atoms with Crippen LogP contribution in [0.1, 0.15) is 43.0 Å². The number of amides is 2. The molecule has 1 aromatic carbocycles. The number of methoxy groups -OCH3 is 2. The number of aromatic nitrogens is 1. The highest BCUT2D eigenvalue weighted by Crippen LogP contribution is 2.22. The van der Waals surface area contributed by atoms with E-state index in [4.69, 9.17) is 18.9 Å². The number of carbonyl (C=O) groups is 2. The third-order valence-electron chi connectivity index (χ3n) is 6.42. The Bertz CT molecular complexity index is 1310. The highest BCUT2D eigenvalue weighted by Gasteiger charge is 2.11. The van der Waals surface area contributed by atoms with E-state index in [0.29, 0.717) is 69.4 Å². The van der Waals surface area contributed by atoms with Gasteiger partial charge in [-0.15, -0.1) is 0 Å². The van der Waals surface area contributed by atoms with Crippen molar-refractivity contribution in [1.82, 2.24) is 26.3 Å². The maximum absolute atomic E-state index is 11.0. The van der Waals surface area contributed by atoms with Crippen molar-refractivity contribution in [2.24, 2.45) is 4.99 Å². The molecule has 0 aliphatic carbocycles. The monoisotopic (exact) mass is 610 g/mol. The molecule has 0 radical (unpaired) electrons. The molecule has 1 heterocycles. The number of hydrogen-bond acceptors (Lipinski definition) is 10. The molecule has 2 amide bonds. The first-order valence-electron chi connectivity index (χ1n) is 14.4. The Morgan fingerprint density at radius 1 is 0.909 bits per heavy atom. The van der Waals surface area contributed by atoms with Crippen LogP contribution in [0, 0.1) is 6.92 Å². The molecule has 0 fully saturated rings. The highest BCUT2D eigenvalue weighted by atomic mass is 16.5. The fourth-order valence-corrected chi connectivity index (χ4v) is 3.98. The maximum Gasteiger partial charge on any atom is 0.220 e. The summed E-state index contributed by atoms with van der Waals surface area (Å²) in [5.74, 6) is 1.57. The molecule has 2 rings (SSSR count). The van der Waals surface area contributed by atoms with Crippen LogP contribution in [-0.2, 0) is 38.8 Å². The standard InChI is InChI=1S/C32H46N6O6/c1-8-29(37-31(41-6)22(2)18-33-14-16-35-24(4)39)43-20-27-10-9-11-28(23(27)3)21-44-30-13-12-26(32(38-30)42-7)19-34-15-17-36-25(5)40/h8-13,33-34H,1,14-21H2,2-7H3,(H,35,39)(H,36,40)/b31-22-,37-29+. The first-order valence-corrected chi connectivity index (χ1v) is 14.4. The molecule has 0 unspecified atom stereocenters. The second-order valence-corrected chi connectivity index (χ2v) is 9.86. The molecule has 0 atom stereocenters. The van der Waals surface area contributed by atoms with Gasteiger partial charge in [0.15, 0.2) is 0 Å². The van der Waals surface area contributed by atoms with E-state index in [2.05, 4.69) is 37.8 Å². The van der Waals surface area contributed by atoms with Gasteiger partial charge >= 0.3 is 0 Å². The first kappa shape index (κ1) is 35.8. The summed E-state index contributed by atoms with van der Waals surface area (Å²) in [6, 6.07) is 9.66. The van der Waals surface area contributed by atoms with E-state index in [9.17, 15) is 9.59 Å². The summed E-state index contributed by atoms with van der Waals surface area (Å²) in [6.07, 6.45) is 1.54.